The largest absolute Gasteiger partial charge is 0.351 e. The van der Waals surface area contributed by atoms with Crippen molar-refractivity contribution < 1.29 is 0 Å². The summed E-state index contributed by atoms with van der Waals surface area (Å²) in [6.45, 7) is 1.90. The number of H-pyrrole nitrogens is 2. The molecule has 0 amide bonds. The fourth-order valence-corrected chi connectivity index (χ4v) is 1.89. The Kier molecular flexibility index (Phi) is 1.57. The van der Waals surface area contributed by atoms with Crippen molar-refractivity contribution in [2.45, 2.75) is 6.92 Å². The number of aromatic nitrogens is 4. The predicted molar refractivity (Wildman–Crippen MR) is 58.7 cm³/mol. The molecule has 0 saturated carbocycles. The molecule has 0 fully saturated rings. The van der Waals surface area contributed by atoms with Crippen LogP contribution in [0.15, 0.2) is 27.8 Å². The lowest BCUT2D eigenvalue weighted by atomic mass is 10.1. The van der Waals surface area contributed by atoms with Gasteiger partial charge in [0.1, 0.15) is 0 Å². The van der Waals surface area contributed by atoms with E-state index in [0.717, 1.165) is 15.4 Å². The molecule has 0 aliphatic heterocycles. The first-order valence-corrected chi connectivity index (χ1v) is 4.77. The van der Waals surface area contributed by atoms with Gasteiger partial charge < -0.3 is 4.98 Å². The van der Waals surface area contributed by atoms with Gasteiger partial charge in [0.05, 0.1) is 5.52 Å². The van der Waals surface area contributed by atoms with Crippen LogP contribution in [0.4, 0.5) is 0 Å². The Morgan fingerprint density at radius 2 is 2.06 bits per heavy atom. The van der Waals surface area contributed by atoms with Gasteiger partial charge in [0.15, 0.2) is 5.65 Å². The van der Waals surface area contributed by atoms with Crippen LogP contribution in [0.1, 0.15) is 5.56 Å². The zero-order valence-electron chi connectivity index (χ0n) is 8.44. The Hall–Kier alpha value is -2.37. The highest BCUT2D eigenvalue weighted by atomic mass is 16.2. The first-order valence-electron chi connectivity index (χ1n) is 4.77. The van der Waals surface area contributed by atoms with E-state index in [0.29, 0.717) is 11.2 Å². The lowest BCUT2D eigenvalue weighted by Crippen LogP contribution is -2.26. The standard InChI is InChI=1S/C10H8N4O2/c1-5-3-2-4-6-7(5)8-12-13-10(16)14(8)9(15)11-6/h2-4H,1H3,(H,11,15)(H,13,16). The summed E-state index contributed by atoms with van der Waals surface area (Å²) in [5.41, 5.74) is 0.990. The molecule has 6 nitrogen and oxygen atoms in total. The van der Waals surface area contributed by atoms with Crippen LogP contribution in [0.5, 0.6) is 0 Å². The molecule has 2 aromatic heterocycles. The molecular weight excluding hydrogens is 208 g/mol. The SMILES string of the molecule is Cc1cccc2[nH]c(=O)n3c(=O)[nH]nc3c12. The quantitative estimate of drug-likeness (QED) is 0.562. The van der Waals surface area contributed by atoms with Gasteiger partial charge in [-0.15, -0.1) is 0 Å². The molecule has 0 aliphatic rings. The lowest BCUT2D eigenvalue weighted by molar-refractivity contribution is 0.958. The number of aromatic amines is 2. The molecule has 0 saturated heterocycles. The van der Waals surface area contributed by atoms with E-state index in [-0.39, 0.29) is 0 Å². The van der Waals surface area contributed by atoms with Crippen molar-refractivity contribution in [2.24, 2.45) is 0 Å². The monoisotopic (exact) mass is 216 g/mol. The van der Waals surface area contributed by atoms with E-state index in [4.69, 9.17) is 0 Å². The van der Waals surface area contributed by atoms with Gasteiger partial charge in [-0.1, -0.05) is 12.1 Å². The van der Waals surface area contributed by atoms with E-state index in [1.54, 1.807) is 6.07 Å². The van der Waals surface area contributed by atoms with Crippen LogP contribution in [0.2, 0.25) is 0 Å². The second-order valence-corrected chi connectivity index (χ2v) is 3.62. The van der Waals surface area contributed by atoms with Crippen molar-refractivity contribution in [1.29, 1.82) is 0 Å². The van der Waals surface area contributed by atoms with E-state index >= 15 is 0 Å². The Bertz CT molecular complexity index is 809. The first kappa shape index (κ1) is 8.90. The Labute approximate surface area is 88.5 Å². The molecule has 3 aromatic rings. The molecule has 0 atom stereocenters. The van der Waals surface area contributed by atoms with Crippen LogP contribution in [0.25, 0.3) is 16.6 Å². The lowest BCUT2D eigenvalue weighted by Gasteiger charge is -2.01. The van der Waals surface area contributed by atoms with Gasteiger partial charge >= 0.3 is 11.4 Å². The fourth-order valence-electron chi connectivity index (χ4n) is 1.89. The van der Waals surface area contributed by atoms with Crippen LogP contribution in [-0.2, 0) is 0 Å². The van der Waals surface area contributed by atoms with E-state index in [1.165, 1.54) is 0 Å². The van der Waals surface area contributed by atoms with E-state index in [9.17, 15) is 9.59 Å². The fraction of sp³-hybridized carbons (Fsp3) is 0.100. The molecule has 2 N–H and O–H groups in total. The van der Waals surface area contributed by atoms with E-state index < -0.39 is 11.4 Å². The molecule has 0 aliphatic carbocycles. The highest BCUT2D eigenvalue weighted by molar-refractivity contribution is 5.93. The molecule has 0 radical (unpaired) electrons. The van der Waals surface area contributed by atoms with Crippen LogP contribution in [0.3, 0.4) is 0 Å². The first-order chi connectivity index (χ1) is 7.68. The average Bonchev–Trinajstić information content (AvgIpc) is 2.61. The van der Waals surface area contributed by atoms with Gasteiger partial charge in [-0.25, -0.2) is 14.7 Å². The molecule has 16 heavy (non-hydrogen) atoms. The third-order valence-electron chi connectivity index (χ3n) is 2.61. The zero-order chi connectivity index (χ0) is 11.3. The van der Waals surface area contributed by atoms with Crippen LogP contribution in [-0.4, -0.2) is 19.6 Å². The third-order valence-corrected chi connectivity index (χ3v) is 2.61. The maximum atomic E-state index is 11.6. The smallest absolute Gasteiger partial charge is 0.306 e. The molecule has 6 heteroatoms. The number of nitrogens with zero attached hydrogens (tertiary/aromatic N) is 2. The summed E-state index contributed by atoms with van der Waals surface area (Å²) in [4.78, 5) is 25.7. The Balaban J connectivity index is 2.79. The summed E-state index contributed by atoms with van der Waals surface area (Å²) in [7, 11) is 0. The molecule has 0 unspecified atom stereocenters. The number of benzene rings is 1. The number of aryl methyl sites for hydroxylation is 1. The summed E-state index contributed by atoms with van der Waals surface area (Å²) in [6, 6.07) is 5.53. The van der Waals surface area contributed by atoms with Gasteiger partial charge in [0, 0.05) is 5.39 Å². The van der Waals surface area contributed by atoms with Gasteiger partial charge in [-0.2, -0.15) is 9.50 Å². The highest BCUT2D eigenvalue weighted by Gasteiger charge is 2.10. The minimum Gasteiger partial charge on any atom is -0.306 e. The van der Waals surface area contributed by atoms with Crippen molar-refractivity contribution in [3.63, 3.8) is 0 Å². The number of fused-ring (bicyclic) bond motifs is 3. The topological polar surface area (TPSA) is 83.0 Å². The number of nitrogens with one attached hydrogen (secondary N) is 2. The number of rotatable bonds is 0. The van der Waals surface area contributed by atoms with E-state index in [2.05, 4.69) is 15.2 Å². The molecule has 3 rings (SSSR count). The maximum Gasteiger partial charge on any atom is 0.351 e. The minimum atomic E-state index is -0.526. The predicted octanol–water partition coefficient (Wildman–Crippen LogP) is 0.173. The van der Waals surface area contributed by atoms with Gasteiger partial charge in [-0.05, 0) is 18.6 Å². The molecule has 0 spiro atoms. The minimum absolute atomic E-state index is 0.363. The molecule has 0 bridgehead atoms. The van der Waals surface area contributed by atoms with Gasteiger partial charge in [0.25, 0.3) is 0 Å². The van der Waals surface area contributed by atoms with Gasteiger partial charge in [0.2, 0.25) is 0 Å². The molecule has 80 valence electrons. The molecule has 2 heterocycles. The Morgan fingerprint density at radius 1 is 1.25 bits per heavy atom. The number of hydrogen-bond donors (Lipinski definition) is 2. The maximum absolute atomic E-state index is 11.6. The van der Waals surface area contributed by atoms with Crippen molar-refractivity contribution in [3.05, 3.63) is 44.7 Å². The van der Waals surface area contributed by atoms with Crippen molar-refractivity contribution in [1.82, 2.24) is 19.6 Å². The summed E-state index contributed by atoms with van der Waals surface area (Å²) in [5.74, 6) is 0. The third kappa shape index (κ3) is 0.979. The van der Waals surface area contributed by atoms with Crippen molar-refractivity contribution >= 4 is 16.6 Å². The summed E-state index contributed by atoms with van der Waals surface area (Å²) < 4.78 is 0.995. The summed E-state index contributed by atoms with van der Waals surface area (Å²) >= 11 is 0. The molecular formula is C10H8N4O2. The second kappa shape index (κ2) is 2.82. The van der Waals surface area contributed by atoms with Gasteiger partial charge in [-0.3, -0.25) is 0 Å². The normalized spacial score (nSPS) is 11.3. The zero-order valence-corrected chi connectivity index (χ0v) is 8.44. The van der Waals surface area contributed by atoms with Crippen molar-refractivity contribution in [3.8, 4) is 0 Å². The Morgan fingerprint density at radius 3 is 2.88 bits per heavy atom. The highest BCUT2D eigenvalue weighted by Crippen LogP contribution is 2.17. The summed E-state index contributed by atoms with van der Waals surface area (Å²) in [6.07, 6.45) is 0. The van der Waals surface area contributed by atoms with Crippen LogP contribution < -0.4 is 11.4 Å². The van der Waals surface area contributed by atoms with Crippen LogP contribution >= 0.6 is 0 Å². The number of hydrogen-bond acceptors (Lipinski definition) is 3. The summed E-state index contributed by atoms with van der Waals surface area (Å²) in [5, 5.41) is 6.93. The second-order valence-electron chi connectivity index (χ2n) is 3.62. The van der Waals surface area contributed by atoms with Crippen molar-refractivity contribution in [2.75, 3.05) is 0 Å². The molecule has 1 aromatic carbocycles. The van der Waals surface area contributed by atoms with Crippen LogP contribution in [0, 0.1) is 6.92 Å². The van der Waals surface area contributed by atoms with E-state index in [1.807, 2.05) is 19.1 Å². The average molecular weight is 216 g/mol.